The van der Waals surface area contributed by atoms with Crippen LogP contribution in [-0.2, 0) is 0 Å². The lowest BCUT2D eigenvalue weighted by Gasteiger charge is -2.13. The van der Waals surface area contributed by atoms with Crippen LogP contribution in [0, 0.1) is 6.92 Å². The molecular weight excluding hydrogens is 343 g/mol. The van der Waals surface area contributed by atoms with Crippen molar-refractivity contribution < 1.29 is 4.74 Å². The SMILES string of the molecule is COc1cc(C)c(Cl)c(-c2cc3cnc(Cl)cc3cn2)c1Cl. The zero-order chi connectivity index (χ0) is 15.9. The van der Waals surface area contributed by atoms with Crippen LogP contribution in [0.4, 0.5) is 0 Å². The summed E-state index contributed by atoms with van der Waals surface area (Å²) in [5, 5.41) is 3.22. The second-order valence-electron chi connectivity index (χ2n) is 4.82. The van der Waals surface area contributed by atoms with Gasteiger partial charge in [0.25, 0.3) is 0 Å². The van der Waals surface area contributed by atoms with Crippen molar-refractivity contribution in [3.8, 4) is 17.0 Å². The number of hydrogen-bond acceptors (Lipinski definition) is 3. The first-order chi connectivity index (χ1) is 10.5. The number of fused-ring (bicyclic) bond motifs is 1. The first-order valence-electron chi connectivity index (χ1n) is 6.45. The number of aromatic nitrogens is 2. The lowest BCUT2D eigenvalue weighted by Crippen LogP contribution is -1.93. The number of benzene rings is 1. The van der Waals surface area contributed by atoms with E-state index in [2.05, 4.69) is 9.97 Å². The summed E-state index contributed by atoms with van der Waals surface area (Å²) in [6.45, 7) is 1.90. The minimum atomic E-state index is 0.426. The Bertz CT molecular complexity index is 881. The van der Waals surface area contributed by atoms with Crippen molar-refractivity contribution in [1.29, 1.82) is 0 Å². The normalized spacial score (nSPS) is 11.0. The fraction of sp³-hybridized carbons (Fsp3) is 0.125. The van der Waals surface area contributed by atoms with Crippen LogP contribution in [0.3, 0.4) is 0 Å². The molecule has 0 bridgehead atoms. The van der Waals surface area contributed by atoms with E-state index in [1.54, 1.807) is 31.6 Å². The molecule has 3 aromatic rings. The van der Waals surface area contributed by atoms with Crippen LogP contribution in [0.25, 0.3) is 22.0 Å². The van der Waals surface area contributed by atoms with E-state index in [9.17, 15) is 0 Å². The molecule has 0 amide bonds. The molecule has 2 heterocycles. The summed E-state index contributed by atoms with van der Waals surface area (Å²) in [6, 6.07) is 5.44. The van der Waals surface area contributed by atoms with Crippen molar-refractivity contribution in [2.24, 2.45) is 0 Å². The molecule has 112 valence electrons. The molecule has 22 heavy (non-hydrogen) atoms. The van der Waals surface area contributed by atoms with E-state index in [1.165, 1.54) is 0 Å². The quantitative estimate of drug-likeness (QED) is 0.565. The Labute approximate surface area is 142 Å². The number of nitrogens with zero attached hydrogens (tertiary/aromatic N) is 2. The molecule has 3 nitrogen and oxygen atoms in total. The molecule has 6 heteroatoms. The van der Waals surface area contributed by atoms with Gasteiger partial charge in [-0.1, -0.05) is 34.8 Å². The standard InChI is InChI=1S/C16H11Cl3N2O/c1-8-3-12(22-2)16(19)14(15(8)18)11-4-9-7-21-13(17)5-10(9)6-20-11/h3-7H,1-2H3. The Kier molecular flexibility index (Phi) is 4.13. The zero-order valence-corrected chi connectivity index (χ0v) is 14.1. The Hall–Kier alpha value is -1.55. The van der Waals surface area contributed by atoms with E-state index in [1.807, 2.05) is 13.0 Å². The fourth-order valence-electron chi connectivity index (χ4n) is 2.26. The molecule has 0 radical (unpaired) electrons. The molecule has 0 aliphatic rings. The number of rotatable bonds is 2. The fourth-order valence-corrected chi connectivity index (χ4v) is 3.04. The highest BCUT2D eigenvalue weighted by atomic mass is 35.5. The highest BCUT2D eigenvalue weighted by Gasteiger charge is 2.17. The Balaban J connectivity index is 2.27. The Morgan fingerprint density at radius 1 is 0.909 bits per heavy atom. The van der Waals surface area contributed by atoms with Crippen molar-refractivity contribution in [3.63, 3.8) is 0 Å². The Morgan fingerprint density at radius 2 is 1.59 bits per heavy atom. The maximum atomic E-state index is 6.42. The van der Waals surface area contributed by atoms with Gasteiger partial charge in [-0.05, 0) is 30.7 Å². The summed E-state index contributed by atoms with van der Waals surface area (Å²) in [4.78, 5) is 8.53. The number of aryl methyl sites for hydroxylation is 1. The molecule has 0 aliphatic heterocycles. The van der Waals surface area contributed by atoms with E-state index in [4.69, 9.17) is 39.5 Å². The van der Waals surface area contributed by atoms with Gasteiger partial charge < -0.3 is 4.74 Å². The van der Waals surface area contributed by atoms with Gasteiger partial charge in [0.15, 0.2) is 0 Å². The van der Waals surface area contributed by atoms with Crippen molar-refractivity contribution >= 4 is 45.6 Å². The van der Waals surface area contributed by atoms with Gasteiger partial charge in [0.1, 0.15) is 10.9 Å². The second-order valence-corrected chi connectivity index (χ2v) is 5.97. The van der Waals surface area contributed by atoms with Gasteiger partial charge in [-0.25, -0.2) is 4.98 Å². The first-order valence-corrected chi connectivity index (χ1v) is 7.59. The smallest absolute Gasteiger partial charge is 0.138 e. The predicted octanol–water partition coefficient (Wildman–Crippen LogP) is 5.57. The Morgan fingerprint density at radius 3 is 2.32 bits per heavy atom. The van der Waals surface area contributed by atoms with Gasteiger partial charge in [0.2, 0.25) is 0 Å². The van der Waals surface area contributed by atoms with Crippen LogP contribution in [0.5, 0.6) is 5.75 Å². The molecule has 1 aromatic carbocycles. The highest BCUT2D eigenvalue weighted by molar-refractivity contribution is 6.40. The number of halogens is 3. The molecule has 3 rings (SSSR count). The monoisotopic (exact) mass is 352 g/mol. The lowest BCUT2D eigenvalue weighted by molar-refractivity contribution is 0.415. The molecule has 0 aliphatic carbocycles. The summed E-state index contributed by atoms with van der Waals surface area (Å²) in [5.74, 6) is 0.565. The molecule has 0 unspecified atom stereocenters. The third kappa shape index (κ3) is 2.60. The number of ether oxygens (including phenoxy) is 1. The van der Waals surface area contributed by atoms with Gasteiger partial charge in [-0.3, -0.25) is 4.98 Å². The molecular formula is C16H11Cl3N2O. The van der Waals surface area contributed by atoms with Crippen LogP contribution < -0.4 is 4.74 Å². The summed E-state index contributed by atoms with van der Waals surface area (Å²) in [5.41, 5.74) is 2.18. The van der Waals surface area contributed by atoms with Gasteiger partial charge in [-0.2, -0.15) is 0 Å². The van der Waals surface area contributed by atoms with Gasteiger partial charge in [0.05, 0.1) is 22.8 Å². The van der Waals surface area contributed by atoms with Crippen molar-refractivity contribution in [2.45, 2.75) is 6.92 Å². The minimum Gasteiger partial charge on any atom is -0.495 e. The summed E-state index contributed by atoms with van der Waals surface area (Å²) in [6.07, 6.45) is 3.41. The molecule has 0 saturated carbocycles. The zero-order valence-electron chi connectivity index (χ0n) is 11.8. The van der Waals surface area contributed by atoms with E-state index in [0.29, 0.717) is 32.2 Å². The van der Waals surface area contributed by atoms with E-state index in [-0.39, 0.29) is 0 Å². The summed E-state index contributed by atoms with van der Waals surface area (Å²) in [7, 11) is 1.57. The molecule has 0 fully saturated rings. The van der Waals surface area contributed by atoms with Gasteiger partial charge in [-0.15, -0.1) is 0 Å². The number of hydrogen-bond donors (Lipinski definition) is 0. The van der Waals surface area contributed by atoms with Crippen LogP contribution in [0.15, 0.2) is 30.6 Å². The maximum absolute atomic E-state index is 6.42. The van der Waals surface area contributed by atoms with Crippen molar-refractivity contribution in [3.05, 3.63) is 51.4 Å². The average molecular weight is 354 g/mol. The summed E-state index contributed by atoms with van der Waals surface area (Å²) < 4.78 is 5.30. The van der Waals surface area contributed by atoms with Crippen LogP contribution in [0.2, 0.25) is 15.2 Å². The topological polar surface area (TPSA) is 35.0 Å². The van der Waals surface area contributed by atoms with Gasteiger partial charge in [0, 0.05) is 28.7 Å². The minimum absolute atomic E-state index is 0.426. The average Bonchev–Trinajstić information content (AvgIpc) is 2.51. The van der Waals surface area contributed by atoms with E-state index >= 15 is 0 Å². The molecule has 0 atom stereocenters. The number of pyridine rings is 2. The second kappa shape index (κ2) is 5.92. The van der Waals surface area contributed by atoms with Gasteiger partial charge >= 0.3 is 0 Å². The lowest BCUT2D eigenvalue weighted by atomic mass is 10.1. The van der Waals surface area contributed by atoms with E-state index < -0.39 is 0 Å². The molecule has 0 spiro atoms. The molecule has 0 N–H and O–H groups in total. The summed E-state index contributed by atoms with van der Waals surface area (Å²) >= 11 is 18.7. The van der Waals surface area contributed by atoms with Crippen molar-refractivity contribution in [2.75, 3.05) is 7.11 Å². The predicted molar refractivity (Wildman–Crippen MR) is 91.3 cm³/mol. The van der Waals surface area contributed by atoms with Crippen LogP contribution >= 0.6 is 34.8 Å². The highest BCUT2D eigenvalue weighted by Crippen LogP contribution is 2.42. The molecule has 0 saturated heterocycles. The third-order valence-electron chi connectivity index (χ3n) is 3.40. The first kappa shape index (κ1) is 15.3. The maximum Gasteiger partial charge on any atom is 0.138 e. The molecule has 2 aromatic heterocycles. The van der Waals surface area contributed by atoms with E-state index in [0.717, 1.165) is 16.3 Å². The van der Waals surface area contributed by atoms with Crippen LogP contribution in [-0.4, -0.2) is 17.1 Å². The third-order valence-corrected chi connectivity index (χ3v) is 4.46. The largest absolute Gasteiger partial charge is 0.495 e. The van der Waals surface area contributed by atoms with Crippen LogP contribution in [0.1, 0.15) is 5.56 Å². The van der Waals surface area contributed by atoms with Crippen molar-refractivity contribution in [1.82, 2.24) is 9.97 Å². The number of methoxy groups -OCH3 is 1.